The molecule has 0 spiro atoms. The van der Waals surface area contributed by atoms with Crippen molar-refractivity contribution in [2.45, 2.75) is 12.8 Å². The first-order valence-electron chi connectivity index (χ1n) is 9.62. The fourth-order valence-corrected chi connectivity index (χ4v) is 3.88. The lowest BCUT2D eigenvalue weighted by Gasteiger charge is -2.25. The lowest BCUT2D eigenvalue weighted by atomic mass is 10.1. The van der Waals surface area contributed by atoms with Crippen molar-refractivity contribution >= 4 is 17.2 Å². The van der Waals surface area contributed by atoms with Gasteiger partial charge in [-0.05, 0) is 42.0 Å². The summed E-state index contributed by atoms with van der Waals surface area (Å²) in [5.74, 6) is 0.493. The second-order valence-corrected chi connectivity index (χ2v) is 7.81. The van der Waals surface area contributed by atoms with Gasteiger partial charge in [-0.3, -0.25) is 4.79 Å². The molecule has 1 amide bonds. The van der Waals surface area contributed by atoms with Gasteiger partial charge in [0.15, 0.2) is 0 Å². The molecule has 5 nitrogen and oxygen atoms in total. The Bertz CT molecular complexity index is 1030. The third kappa shape index (κ3) is 5.23. The van der Waals surface area contributed by atoms with E-state index in [1.54, 1.807) is 22.4 Å². The SMILES string of the molecule is O=C(c1csc(-c2ccc(OCc3ccc(C(F)(F)F)cc3)cc2)n1)N1CCOCC1. The number of hydrogen-bond donors (Lipinski definition) is 0. The van der Waals surface area contributed by atoms with Crippen molar-refractivity contribution in [3.05, 3.63) is 70.7 Å². The molecule has 1 aliphatic heterocycles. The summed E-state index contributed by atoms with van der Waals surface area (Å²) in [5, 5.41) is 2.48. The van der Waals surface area contributed by atoms with E-state index in [9.17, 15) is 18.0 Å². The Hall–Kier alpha value is -2.91. The minimum Gasteiger partial charge on any atom is -0.489 e. The number of ether oxygens (including phenoxy) is 2. The zero-order chi connectivity index (χ0) is 21.8. The molecule has 1 aromatic heterocycles. The number of halogens is 3. The van der Waals surface area contributed by atoms with Gasteiger partial charge in [0, 0.05) is 24.0 Å². The second kappa shape index (κ2) is 9.07. The Morgan fingerprint density at radius 1 is 1.06 bits per heavy atom. The molecule has 0 radical (unpaired) electrons. The Kier molecular flexibility index (Phi) is 6.24. The molecular formula is C22H19F3N2O3S. The van der Waals surface area contributed by atoms with Crippen molar-refractivity contribution in [1.82, 2.24) is 9.88 Å². The Morgan fingerprint density at radius 2 is 1.74 bits per heavy atom. The van der Waals surface area contributed by atoms with Crippen LogP contribution in [0.25, 0.3) is 10.6 Å². The zero-order valence-electron chi connectivity index (χ0n) is 16.4. The van der Waals surface area contributed by atoms with Gasteiger partial charge in [0.1, 0.15) is 23.1 Å². The number of thiazole rings is 1. The maximum atomic E-state index is 12.6. The first kappa shape index (κ1) is 21.3. The highest BCUT2D eigenvalue weighted by molar-refractivity contribution is 7.13. The van der Waals surface area contributed by atoms with Crippen LogP contribution in [0.1, 0.15) is 21.6 Å². The number of nitrogens with zero attached hydrogens (tertiary/aromatic N) is 2. The highest BCUT2D eigenvalue weighted by Crippen LogP contribution is 2.30. The van der Waals surface area contributed by atoms with Crippen LogP contribution >= 0.6 is 11.3 Å². The first-order chi connectivity index (χ1) is 14.9. The number of carbonyl (C=O) groups is 1. The number of benzene rings is 2. The largest absolute Gasteiger partial charge is 0.489 e. The van der Waals surface area contributed by atoms with E-state index in [0.717, 1.165) is 22.7 Å². The lowest BCUT2D eigenvalue weighted by Crippen LogP contribution is -2.40. The molecular weight excluding hydrogens is 429 g/mol. The standard InChI is InChI=1S/C22H19F3N2O3S/c23-22(24,25)17-5-1-15(2-6-17)13-30-18-7-3-16(4-8-18)20-26-19(14-31-20)21(28)27-9-11-29-12-10-27/h1-8,14H,9-13H2. The Labute approximate surface area is 181 Å². The molecule has 9 heteroatoms. The van der Waals surface area contributed by atoms with Crippen LogP contribution in [0.3, 0.4) is 0 Å². The van der Waals surface area contributed by atoms with Crippen molar-refractivity contribution in [1.29, 1.82) is 0 Å². The summed E-state index contributed by atoms with van der Waals surface area (Å²) in [6.07, 6.45) is -4.35. The van der Waals surface area contributed by atoms with Gasteiger partial charge in [0.25, 0.3) is 5.91 Å². The smallest absolute Gasteiger partial charge is 0.416 e. The number of morpholine rings is 1. The molecule has 0 saturated carbocycles. The molecule has 3 aromatic rings. The van der Waals surface area contributed by atoms with Crippen LogP contribution in [0.5, 0.6) is 5.75 Å². The van der Waals surface area contributed by atoms with Crippen LogP contribution in [0.2, 0.25) is 0 Å². The molecule has 0 unspecified atom stereocenters. The number of alkyl halides is 3. The molecule has 0 aliphatic carbocycles. The van der Waals surface area contributed by atoms with Crippen LogP contribution in [-0.4, -0.2) is 42.1 Å². The zero-order valence-corrected chi connectivity index (χ0v) is 17.2. The van der Waals surface area contributed by atoms with Gasteiger partial charge in [-0.25, -0.2) is 4.98 Å². The highest BCUT2D eigenvalue weighted by Gasteiger charge is 2.29. The molecule has 2 aromatic carbocycles. The molecule has 31 heavy (non-hydrogen) atoms. The molecule has 1 saturated heterocycles. The van der Waals surface area contributed by atoms with Crippen molar-refractivity contribution < 1.29 is 27.4 Å². The van der Waals surface area contributed by atoms with Gasteiger partial charge in [0.05, 0.1) is 18.8 Å². The lowest BCUT2D eigenvalue weighted by molar-refractivity contribution is -0.137. The maximum absolute atomic E-state index is 12.6. The van der Waals surface area contributed by atoms with Crippen LogP contribution < -0.4 is 4.74 Å². The molecule has 162 valence electrons. The Balaban J connectivity index is 1.36. The average molecular weight is 448 g/mol. The molecule has 0 bridgehead atoms. The van der Waals surface area contributed by atoms with Gasteiger partial charge < -0.3 is 14.4 Å². The van der Waals surface area contributed by atoms with Crippen molar-refractivity contribution in [2.24, 2.45) is 0 Å². The summed E-state index contributed by atoms with van der Waals surface area (Å²) in [6.45, 7) is 2.37. The summed E-state index contributed by atoms with van der Waals surface area (Å²) >= 11 is 1.39. The minimum atomic E-state index is -4.35. The normalized spacial score (nSPS) is 14.5. The van der Waals surface area contributed by atoms with E-state index >= 15 is 0 Å². The fourth-order valence-electron chi connectivity index (χ4n) is 3.08. The molecule has 0 N–H and O–H groups in total. The average Bonchev–Trinajstić information content (AvgIpc) is 3.28. The third-order valence-electron chi connectivity index (χ3n) is 4.81. The number of rotatable bonds is 5. The van der Waals surface area contributed by atoms with Crippen molar-refractivity contribution in [3.63, 3.8) is 0 Å². The summed E-state index contributed by atoms with van der Waals surface area (Å²) < 4.78 is 48.8. The maximum Gasteiger partial charge on any atom is 0.416 e. The van der Waals surface area contributed by atoms with Gasteiger partial charge >= 0.3 is 6.18 Å². The number of carbonyl (C=O) groups excluding carboxylic acids is 1. The topological polar surface area (TPSA) is 51.7 Å². The predicted octanol–water partition coefficient (Wildman–Crippen LogP) is 4.88. The van der Waals surface area contributed by atoms with Gasteiger partial charge in [-0.1, -0.05) is 12.1 Å². The highest BCUT2D eigenvalue weighted by atomic mass is 32.1. The van der Waals surface area contributed by atoms with Crippen molar-refractivity contribution in [3.8, 4) is 16.3 Å². The monoisotopic (exact) mass is 448 g/mol. The van der Waals surface area contributed by atoms with Gasteiger partial charge in [0.2, 0.25) is 0 Å². The van der Waals surface area contributed by atoms with E-state index in [-0.39, 0.29) is 12.5 Å². The van der Waals surface area contributed by atoms with Crippen LogP contribution in [-0.2, 0) is 17.5 Å². The number of amides is 1. The van der Waals surface area contributed by atoms with Crippen LogP contribution in [0.15, 0.2) is 53.9 Å². The van der Waals surface area contributed by atoms with Crippen LogP contribution in [0, 0.1) is 0 Å². The third-order valence-corrected chi connectivity index (χ3v) is 5.70. The summed E-state index contributed by atoms with van der Waals surface area (Å²) in [5.41, 5.74) is 1.23. The van der Waals surface area contributed by atoms with Crippen LogP contribution in [0.4, 0.5) is 13.2 Å². The molecule has 1 aliphatic rings. The first-order valence-corrected chi connectivity index (χ1v) is 10.5. The molecule has 4 rings (SSSR count). The quantitative estimate of drug-likeness (QED) is 0.558. The van der Waals surface area contributed by atoms with E-state index in [0.29, 0.717) is 43.3 Å². The van der Waals surface area contributed by atoms with E-state index in [2.05, 4.69) is 4.98 Å². The Morgan fingerprint density at radius 3 is 2.39 bits per heavy atom. The number of hydrogen-bond acceptors (Lipinski definition) is 5. The van der Waals surface area contributed by atoms with E-state index < -0.39 is 11.7 Å². The molecule has 2 heterocycles. The minimum absolute atomic E-state index is 0.0951. The summed E-state index contributed by atoms with van der Waals surface area (Å²) in [4.78, 5) is 18.7. The molecule has 1 fully saturated rings. The summed E-state index contributed by atoms with van der Waals surface area (Å²) in [7, 11) is 0. The van der Waals surface area contributed by atoms with E-state index in [1.165, 1.54) is 23.5 Å². The van der Waals surface area contributed by atoms with E-state index in [4.69, 9.17) is 9.47 Å². The second-order valence-electron chi connectivity index (χ2n) is 6.95. The molecule has 0 atom stereocenters. The number of aromatic nitrogens is 1. The summed E-state index contributed by atoms with van der Waals surface area (Å²) in [6, 6.07) is 12.1. The predicted molar refractivity (Wildman–Crippen MR) is 110 cm³/mol. The van der Waals surface area contributed by atoms with Gasteiger partial charge in [-0.15, -0.1) is 11.3 Å². The fraction of sp³-hybridized carbons (Fsp3) is 0.273. The van der Waals surface area contributed by atoms with Gasteiger partial charge in [-0.2, -0.15) is 13.2 Å². The van der Waals surface area contributed by atoms with Crippen molar-refractivity contribution in [2.75, 3.05) is 26.3 Å². The van der Waals surface area contributed by atoms with E-state index in [1.807, 2.05) is 12.1 Å².